The number of nitrogens with one attached hydrogen (secondary N) is 1. The summed E-state index contributed by atoms with van der Waals surface area (Å²) in [6.45, 7) is 1.37. The van der Waals surface area contributed by atoms with E-state index in [0.717, 1.165) is 23.1 Å². The molecule has 8 nitrogen and oxygen atoms in total. The maximum atomic E-state index is 13.2. The standard InChI is InChI=1S/C12H14FN3O5/c1-7(11(17)18)6-15(2)12(19)14-9-3-8(13)4-10(5-9)16(20)21/h3-5,7H,6H2,1-2H3,(H,14,19)(H,17,18). The molecule has 0 fully saturated rings. The van der Waals surface area contributed by atoms with Gasteiger partial charge in [0.1, 0.15) is 5.82 Å². The predicted octanol–water partition coefficient (Wildman–Crippen LogP) is 1.92. The number of rotatable bonds is 5. The Bertz CT molecular complexity index is 578. The van der Waals surface area contributed by atoms with Crippen LogP contribution >= 0.6 is 0 Å². The van der Waals surface area contributed by atoms with Gasteiger partial charge in [0.15, 0.2) is 0 Å². The number of anilines is 1. The van der Waals surface area contributed by atoms with Crippen LogP contribution in [-0.2, 0) is 4.79 Å². The molecule has 1 unspecified atom stereocenters. The molecule has 0 aliphatic heterocycles. The van der Waals surface area contributed by atoms with E-state index in [4.69, 9.17) is 5.11 Å². The van der Waals surface area contributed by atoms with Gasteiger partial charge in [-0.1, -0.05) is 6.92 Å². The second-order valence-electron chi connectivity index (χ2n) is 4.51. The van der Waals surface area contributed by atoms with Crippen molar-refractivity contribution in [3.8, 4) is 0 Å². The van der Waals surface area contributed by atoms with E-state index in [1.165, 1.54) is 14.0 Å². The van der Waals surface area contributed by atoms with Gasteiger partial charge in [0.2, 0.25) is 0 Å². The van der Waals surface area contributed by atoms with Crippen LogP contribution in [0.25, 0.3) is 0 Å². The number of carboxylic acids is 1. The highest BCUT2D eigenvalue weighted by atomic mass is 19.1. The molecule has 0 aromatic heterocycles. The van der Waals surface area contributed by atoms with Gasteiger partial charge in [-0.3, -0.25) is 14.9 Å². The summed E-state index contributed by atoms with van der Waals surface area (Å²) in [5, 5.41) is 21.6. The Morgan fingerprint density at radius 3 is 2.62 bits per heavy atom. The van der Waals surface area contributed by atoms with Gasteiger partial charge in [0.05, 0.1) is 22.6 Å². The number of nitrogens with zero attached hydrogens (tertiary/aromatic N) is 2. The molecule has 1 aromatic carbocycles. The van der Waals surface area contributed by atoms with Crippen molar-refractivity contribution in [1.29, 1.82) is 0 Å². The Kier molecular flexibility index (Phi) is 5.17. The fourth-order valence-corrected chi connectivity index (χ4v) is 1.54. The van der Waals surface area contributed by atoms with Gasteiger partial charge in [-0.2, -0.15) is 0 Å². The Hall–Kier alpha value is -2.71. The number of aliphatic carboxylic acids is 1. The van der Waals surface area contributed by atoms with E-state index in [0.29, 0.717) is 0 Å². The maximum Gasteiger partial charge on any atom is 0.321 e. The van der Waals surface area contributed by atoms with E-state index in [1.807, 2.05) is 0 Å². The monoisotopic (exact) mass is 299 g/mol. The van der Waals surface area contributed by atoms with Crippen LogP contribution in [0.3, 0.4) is 0 Å². The number of benzene rings is 1. The molecule has 0 radical (unpaired) electrons. The van der Waals surface area contributed by atoms with E-state index < -0.39 is 34.3 Å². The lowest BCUT2D eigenvalue weighted by Gasteiger charge is -2.19. The number of hydrogen-bond acceptors (Lipinski definition) is 4. The number of hydrogen-bond donors (Lipinski definition) is 2. The molecule has 0 heterocycles. The summed E-state index contributed by atoms with van der Waals surface area (Å²) in [6, 6.07) is 1.98. The molecular formula is C12H14FN3O5. The van der Waals surface area contributed by atoms with Gasteiger partial charge in [0.25, 0.3) is 5.69 Å². The minimum Gasteiger partial charge on any atom is -0.481 e. The molecule has 0 spiro atoms. The lowest BCUT2D eigenvalue weighted by atomic mass is 10.2. The lowest BCUT2D eigenvalue weighted by molar-refractivity contribution is -0.385. The first-order chi connectivity index (χ1) is 9.70. The summed E-state index contributed by atoms with van der Waals surface area (Å²) in [5.41, 5.74) is -0.576. The first kappa shape index (κ1) is 16.3. The van der Waals surface area contributed by atoms with Crippen molar-refractivity contribution in [3.05, 3.63) is 34.1 Å². The van der Waals surface area contributed by atoms with Crippen molar-refractivity contribution in [1.82, 2.24) is 4.90 Å². The van der Waals surface area contributed by atoms with E-state index in [1.54, 1.807) is 0 Å². The minimum atomic E-state index is -1.06. The molecule has 9 heteroatoms. The fourth-order valence-electron chi connectivity index (χ4n) is 1.54. The van der Waals surface area contributed by atoms with Crippen LogP contribution in [0.1, 0.15) is 6.92 Å². The van der Waals surface area contributed by atoms with Crippen LogP contribution in [0.15, 0.2) is 18.2 Å². The number of non-ortho nitro benzene ring substituents is 1. The van der Waals surface area contributed by atoms with Gasteiger partial charge < -0.3 is 15.3 Å². The van der Waals surface area contributed by atoms with Gasteiger partial charge >= 0.3 is 12.0 Å². The molecule has 0 aliphatic rings. The number of amides is 2. The van der Waals surface area contributed by atoms with Crippen molar-refractivity contribution < 1.29 is 24.0 Å². The SMILES string of the molecule is CC(CN(C)C(=O)Nc1cc(F)cc([N+](=O)[O-])c1)C(=O)O. The zero-order valence-corrected chi connectivity index (χ0v) is 11.4. The molecule has 2 amide bonds. The third-order valence-corrected chi connectivity index (χ3v) is 2.66. The van der Waals surface area contributed by atoms with E-state index in [-0.39, 0.29) is 12.2 Å². The highest BCUT2D eigenvalue weighted by Crippen LogP contribution is 2.20. The van der Waals surface area contributed by atoms with Crippen LogP contribution in [-0.4, -0.2) is 40.5 Å². The van der Waals surface area contributed by atoms with Gasteiger partial charge in [-0.25, -0.2) is 9.18 Å². The van der Waals surface area contributed by atoms with E-state index in [9.17, 15) is 24.1 Å². The van der Waals surface area contributed by atoms with Crippen LogP contribution in [0.4, 0.5) is 20.6 Å². The molecule has 0 bridgehead atoms. The summed E-state index contributed by atoms with van der Waals surface area (Å²) in [6.07, 6.45) is 0. The average molecular weight is 299 g/mol. The number of carbonyl (C=O) groups is 2. The molecule has 1 aromatic rings. The lowest BCUT2D eigenvalue weighted by Crippen LogP contribution is -2.36. The average Bonchev–Trinajstić information content (AvgIpc) is 2.37. The largest absolute Gasteiger partial charge is 0.481 e. The summed E-state index contributed by atoms with van der Waals surface area (Å²) in [7, 11) is 1.36. The molecule has 1 rings (SSSR count). The Balaban J connectivity index is 2.79. The Labute approximate surface area is 119 Å². The van der Waals surface area contributed by atoms with E-state index >= 15 is 0 Å². The number of urea groups is 1. The Morgan fingerprint density at radius 1 is 1.48 bits per heavy atom. The van der Waals surface area contributed by atoms with Gasteiger partial charge in [0, 0.05) is 19.7 Å². The summed E-state index contributed by atoms with van der Waals surface area (Å²) in [5.74, 6) is -2.69. The van der Waals surface area contributed by atoms with Crippen LogP contribution < -0.4 is 5.32 Å². The van der Waals surface area contributed by atoms with Crippen LogP contribution in [0.2, 0.25) is 0 Å². The number of halogens is 1. The number of carboxylic acid groups (broad SMARTS) is 1. The third-order valence-electron chi connectivity index (χ3n) is 2.66. The zero-order chi connectivity index (χ0) is 16.2. The van der Waals surface area contributed by atoms with Gasteiger partial charge in [-0.15, -0.1) is 0 Å². The minimum absolute atomic E-state index is 0.0570. The summed E-state index contributed by atoms with van der Waals surface area (Å²) in [4.78, 5) is 33.4. The predicted molar refractivity (Wildman–Crippen MR) is 71.5 cm³/mol. The van der Waals surface area contributed by atoms with Gasteiger partial charge in [-0.05, 0) is 6.07 Å². The zero-order valence-electron chi connectivity index (χ0n) is 11.4. The van der Waals surface area contributed by atoms with Crippen molar-refractivity contribution in [2.75, 3.05) is 18.9 Å². The normalized spacial score (nSPS) is 11.6. The van der Waals surface area contributed by atoms with Crippen molar-refractivity contribution in [2.24, 2.45) is 5.92 Å². The number of nitro groups is 1. The molecule has 0 saturated heterocycles. The molecule has 1 atom stereocenters. The quantitative estimate of drug-likeness (QED) is 0.637. The smallest absolute Gasteiger partial charge is 0.321 e. The molecule has 21 heavy (non-hydrogen) atoms. The second kappa shape index (κ2) is 6.64. The Morgan fingerprint density at radius 2 is 2.10 bits per heavy atom. The molecular weight excluding hydrogens is 285 g/mol. The second-order valence-corrected chi connectivity index (χ2v) is 4.51. The maximum absolute atomic E-state index is 13.2. The fraction of sp³-hybridized carbons (Fsp3) is 0.333. The topological polar surface area (TPSA) is 113 Å². The van der Waals surface area contributed by atoms with Crippen LogP contribution in [0.5, 0.6) is 0 Å². The summed E-state index contributed by atoms with van der Waals surface area (Å²) >= 11 is 0. The van der Waals surface area contributed by atoms with Crippen molar-refractivity contribution in [2.45, 2.75) is 6.92 Å². The van der Waals surface area contributed by atoms with Crippen LogP contribution in [0, 0.1) is 21.8 Å². The third kappa shape index (κ3) is 4.71. The highest BCUT2D eigenvalue weighted by Gasteiger charge is 2.18. The first-order valence-corrected chi connectivity index (χ1v) is 5.90. The summed E-state index contributed by atoms with van der Waals surface area (Å²) < 4.78 is 13.2. The molecule has 0 aliphatic carbocycles. The molecule has 0 saturated carbocycles. The van der Waals surface area contributed by atoms with E-state index in [2.05, 4.69) is 5.32 Å². The molecule has 114 valence electrons. The van der Waals surface area contributed by atoms with Crippen molar-refractivity contribution in [3.63, 3.8) is 0 Å². The highest BCUT2D eigenvalue weighted by molar-refractivity contribution is 5.89. The number of carbonyl (C=O) groups excluding carboxylic acids is 1. The first-order valence-electron chi connectivity index (χ1n) is 5.90. The number of nitro benzene ring substituents is 1. The molecule has 2 N–H and O–H groups in total. The van der Waals surface area contributed by atoms with Crippen molar-refractivity contribution >= 4 is 23.4 Å².